The Morgan fingerprint density at radius 2 is 1.73 bits per heavy atom. The minimum atomic E-state index is -0.531. The summed E-state index contributed by atoms with van der Waals surface area (Å²) in [6, 6.07) is 16.3. The van der Waals surface area contributed by atoms with Crippen molar-refractivity contribution in [2.24, 2.45) is 0 Å². The molecule has 4 rings (SSSR count). The van der Waals surface area contributed by atoms with Gasteiger partial charge in [-0.25, -0.2) is 4.79 Å². The number of hydrogen-bond acceptors (Lipinski definition) is 4. The fourth-order valence-corrected chi connectivity index (χ4v) is 3.83. The fraction of sp³-hybridized carbons (Fsp3) is 0.208. The molecule has 2 amide bonds. The predicted octanol–water partition coefficient (Wildman–Crippen LogP) is 3.48. The van der Waals surface area contributed by atoms with Gasteiger partial charge < -0.3 is 15.4 Å². The molecule has 0 fully saturated rings. The molecule has 0 atom stereocenters. The number of nitrogens with one attached hydrogen (secondary N) is 2. The highest BCUT2D eigenvalue weighted by molar-refractivity contribution is 6.07. The van der Waals surface area contributed by atoms with E-state index < -0.39 is 18.5 Å². The minimum absolute atomic E-state index is 0.216. The van der Waals surface area contributed by atoms with Crippen molar-refractivity contribution in [1.82, 2.24) is 5.32 Å². The zero-order chi connectivity index (χ0) is 21.1. The van der Waals surface area contributed by atoms with Crippen molar-refractivity contribution in [2.75, 3.05) is 18.5 Å². The van der Waals surface area contributed by atoms with Crippen LogP contribution in [0, 0.1) is 0 Å². The molecule has 2 N–H and O–H groups in total. The van der Waals surface area contributed by atoms with E-state index in [1.165, 1.54) is 11.1 Å². The Labute approximate surface area is 174 Å². The van der Waals surface area contributed by atoms with E-state index in [-0.39, 0.29) is 5.91 Å². The van der Waals surface area contributed by atoms with Gasteiger partial charge in [-0.3, -0.25) is 9.59 Å². The number of aryl methyl sites for hydroxylation is 2. The first-order chi connectivity index (χ1) is 14.6. The van der Waals surface area contributed by atoms with Gasteiger partial charge >= 0.3 is 5.97 Å². The lowest BCUT2D eigenvalue weighted by Gasteiger charge is -2.10. The Morgan fingerprint density at radius 1 is 0.967 bits per heavy atom. The zero-order valence-corrected chi connectivity index (χ0v) is 16.7. The normalized spacial score (nSPS) is 11.9. The third-order valence-corrected chi connectivity index (χ3v) is 5.18. The Balaban J connectivity index is 1.42. The van der Waals surface area contributed by atoms with Crippen LogP contribution in [0.15, 0.2) is 54.6 Å². The first-order valence-electron chi connectivity index (χ1n) is 9.95. The maximum Gasteiger partial charge on any atom is 0.339 e. The van der Waals surface area contributed by atoms with Crippen LogP contribution in [0.5, 0.6) is 0 Å². The van der Waals surface area contributed by atoms with Crippen molar-refractivity contribution in [1.29, 1.82) is 0 Å². The second kappa shape index (κ2) is 8.37. The first-order valence-corrected chi connectivity index (χ1v) is 9.95. The quantitative estimate of drug-likeness (QED) is 0.618. The summed E-state index contributed by atoms with van der Waals surface area (Å²) in [4.78, 5) is 36.8. The third kappa shape index (κ3) is 3.89. The van der Waals surface area contributed by atoms with Gasteiger partial charge in [0, 0.05) is 17.8 Å². The summed E-state index contributed by atoms with van der Waals surface area (Å²) < 4.78 is 5.26. The number of amides is 2. The van der Waals surface area contributed by atoms with Crippen molar-refractivity contribution in [2.45, 2.75) is 19.8 Å². The van der Waals surface area contributed by atoms with Gasteiger partial charge in [0.1, 0.15) is 0 Å². The number of carbonyl (C=O) groups excluding carboxylic acids is 3. The van der Waals surface area contributed by atoms with Crippen molar-refractivity contribution >= 4 is 34.2 Å². The number of carbonyl (C=O) groups is 3. The van der Waals surface area contributed by atoms with Crippen LogP contribution in [-0.4, -0.2) is 30.9 Å². The molecule has 30 heavy (non-hydrogen) atoms. The molecular weight excluding hydrogens is 380 g/mol. The summed E-state index contributed by atoms with van der Waals surface area (Å²) in [6.07, 6.45) is 1.95. The molecule has 0 heterocycles. The van der Waals surface area contributed by atoms with E-state index in [1.807, 2.05) is 25.1 Å². The van der Waals surface area contributed by atoms with Gasteiger partial charge in [0.25, 0.3) is 11.8 Å². The molecule has 1 aliphatic carbocycles. The van der Waals surface area contributed by atoms with E-state index in [9.17, 15) is 14.4 Å². The molecule has 3 aromatic carbocycles. The summed E-state index contributed by atoms with van der Waals surface area (Å²) >= 11 is 0. The second-order valence-corrected chi connectivity index (χ2v) is 7.18. The molecule has 0 saturated heterocycles. The van der Waals surface area contributed by atoms with Crippen molar-refractivity contribution in [3.8, 4) is 0 Å². The Bertz CT molecular complexity index is 1140. The van der Waals surface area contributed by atoms with Crippen LogP contribution in [0.4, 0.5) is 5.69 Å². The minimum Gasteiger partial charge on any atom is -0.452 e. The summed E-state index contributed by atoms with van der Waals surface area (Å²) in [6.45, 7) is 1.94. The molecular formula is C24H22N2O4. The van der Waals surface area contributed by atoms with Crippen LogP contribution in [-0.2, 0) is 22.4 Å². The van der Waals surface area contributed by atoms with Crippen LogP contribution in [0.3, 0.4) is 0 Å². The van der Waals surface area contributed by atoms with Gasteiger partial charge in [0.2, 0.25) is 0 Å². The fourth-order valence-electron chi connectivity index (χ4n) is 3.83. The number of hydrogen-bond donors (Lipinski definition) is 2. The highest BCUT2D eigenvalue weighted by atomic mass is 16.5. The van der Waals surface area contributed by atoms with E-state index >= 15 is 0 Å². The molecule has 0 bridgehead atoms. The topological polar surface area (TPSA) is 84.5 Å². The summed E-state index contributed by atoms with van der Waals surface area (Å²) in [5.74, 6) is -1.22. The summed E-state index contributed by atoms with van der Waals surface area (Å²) in [7, 11) is 0. The van der Waals surface area contributed by atoms with Crippen LogP contribution >= 0.6 is 0 Å². The highest BCUT2D eigenvalue weighted by Gasteiger charge is 2.20. The van der Waals surface area contributed by atoms with Crippen molar-refractivity contribution in [3.63, 3.8) is 0 Å². The third-order valence-electron chi connectivity index (χ3n) is 5.18. The largest absolute Gasteiger partial charge is 0.452 e. The SMILES string of the molecule is CCNC(=O)c1cccc(NC(=O)COC(=O)c2ccc3c4c(cccc24)CC3)c1. The number of anilines is 1. The maximum absolute atomic E-state index is 12.6. The second-order valence-electron chi connectivity index (χ2n) is 7.18. The number of ether oxygens (including phenoxy) is 1. The average molecular weight is 402 g/mol. The molecule has 1 aliphatic rings. The summed E-state index contributed by atoms with van der Waals surface area (Å²) in [5, 5.41) is 7.35. The monoisotopic (exact) mass is 402 g/mol. The maximum atomic E-state index is 12.6. The molecule has 152 valence electrons. The van der Waals surface area contributed by atoms with E-state index in [0.717, 1.165) is 23.6 Å². The van der Waals surface area contributed by atoms with Gasteiger partial charge in [-0.2, -0.15) is 0 Å². The molecule has 0 aliphatic heterocycles. The molecule has 0 unspecified atom stereocenters. The van der Waals surface area contributed by atoms with Gasteiger partial charge in [0.15, 0.2) is 6.61 Å². The first kappa shape index (κ1) is 19.6. The number of benzene rings is 3. The lowest BCUT2D eigenvalue weighted by atomic mass is 10.00. The van der Waals surface area contributed by atoms with E-state index in [1.54, 1.807) is 30.3 Å². The van der Waals surface area contributed by atoms with Gasteiger partial charge in [-0.1, -0.05) is 30.3 Å². The average Bonchev–Trinajstić information content (AvgIpc) is 3.18. The highest BCUT2D eigenvalue weighted by Crippen LogP contribution is 2.33. The molecule has 0 spiro atoms. The predicted molar refractivity (Wildman–Crippen MR) is 115 cm³/mol. The summed E-state index contributed by atoms with van der Waals surface area (Å²) in [5.41, 5.74) is 3.84. The Hall–Kier alpha value is -3.67. The van der Waals surface area contributed by atoms with Crippen molar-refractivity contribution < 1.29 is 19.1 Å². The van der Waals surface area contributed by atoms with Crippen LogP contribution < -0.4 is 10.6 Å². The number of esters is 1. The standard InChI is InChI=1S/C24H22N2O4/c1-2-25-23(28)17-6-3-7-18(13-17)26-21(27)14-30-24(29)20-12-11-16-10-9-15-5-4-8-19(20)22(15)16/h3-8,11-13H,2,9-10,14H2,1H3,(H,25,28)(H,26,27). The molecule has 0 aromatic heterocycles. The van der Waals surface area contributed by atoms with Crippen molar-refractivity contribution in [3.05, 3.63) is 76.9 Å². The van der Waals surface area contributed by atoms with E-state index in [0.29, 0.717) is 23.4 Å². The van der Waals surface area contributed by atoms with Gasteiger partial charge in [-0.05, 0) is 65.9 Å². The smallest absolute Gasteiger partial charge is 0.339 e. The molecule has 6 nitrogen and oxygen atoms in total. The zero-order valence-electron chi connectivity index (χ0n) is 16.7. The van der Waals surface area contributed by atoms with E-state index in [2.05, 4.69) is 16.7 Å². The molecule has 0 saturated carbocycles. The van der Waals surface area contributed by atoms with E-state index in [4.69, 9.17) is 4.74 Å². The lowest BCUT2D eigenvalue weighted by molar-refractivity contribution is -0.119. The van der Waals surface area contributed by atoms with Crippen LogP contribution in [0.25, 0.3) is 10.8 Å². The lowest BCUT2D eigenvalue weighted by Crippen LogP contribution is -2.23. The van der Waals surface area contributed by atoms with Crippen LogP contribution in [0.2, 0.25) is 0 Å². The number of rotatable bonds is 6. The van der Waals surface area contributed by atoms with Crippen LogP contribution in [0.1, 0.15) is 38.8 Å². The van der Waals surface area contributed by atoms with Gasteiger partial charge in [-0.15, -0.1) is 0 Å². The molecule has 6 heteroatoms. The molecule has 0 radical (unpaired) electrons. The molecule has 3 aromatic rings. The Morgan fingerprint density at radius 3 is 2.53 bits per heavy atom. The Kier molecular flexibility index (Phi) is 5.48. The van der Waals surface area contributed by atoms with Gasteiger partial charge in [0.05, 0.1) is 5.56 Å².